The minimum Gasteiger partial charge on any atom is -0.493 e. The Morgan fingerprint density at radius 3 is 2.52 bits per heavy atom. The van der Waals surface area contributed by atoms with Gasteiger partial charge in [0.15, 0.2) is 11.5 Å². The maximum Gasteiger partial charge on any atom is 0.227 e. The number of methoxy groups -OCH3 is 1. The minimum atomic E-state index is 0.106. The molecule has 1 saturated heterocycles. The normalized spacial score (nSPS) is 16.4. The third-order valence-corrected chi connectivity index (χ3v) is 4.73. The van der Waals surface area contributed by atoms with Crippen molar-refractivity contribution in [1.29, 1.82) is 0 Å². The second-order valence-electron chi connectivity index (χ2n) is 6.44. The number of carbonyl (C=O) groups excluding carboxylic acids is 1. The summed E-state index contributed by atoms with van der Waals surface area (Å²) in [4.78, 5) is 18.3. The van der Waals surface area contributed by atoms with E-state index in [-0.39, 0.29) is 11.8 Å². The summed E-state index contributed by atoms with van der Waals surface area (Å²) >= 11 is 0. The molecule has 1 aromatic heterocycles. The van der Waals surface area contributed by atoms with E-state index in [0.717, 1.165) is 17.0 Å². The summed E-state index contributed by atoms with van der Waals surface area (Å²) in [5, 5.41) is 0. The van der Waals surface area contributed by atoms with E-state index in [1.807, 2.05) is 65.6 Å². The number of anilines is 1. The van der Waals surface area contributed by atoms with Crippen molar-refractivity contribution in [3.63, 3.8) is 0 Å². The zero-order valence-electron chi connectivity index (χ0n) is 15.0. The van der Waals surface area contributed by atoms with Crippen LogP contribution in [0.4, 0.5) is 5.69 Å². The first-order chi connectivity index (χ1) is 13.2. The number of hydrogen-bond donors (Lipinski definition) is 0. The predicted molar refractivity (Wildman–Crippen MR) is 103 cm³/mol. The molecule has 136 valence electrons. The van der Waals surface area contributed by atoms with Crippen molar-refractivity contribution in [2.75, 3.05) is 18.6 Å². The molecule has 0 aliphatic carbocycles. The van der Waals surface area contributed by atoms with Crippen LogP contribution in [0.5, 0.6) is 17.2 Å². The molecule has 27 heavy (non-hydrogen) atoms. The van der Waals surface area contributed by atoms with Gasteiger partial charge in [0, 0.05) is 37.0 Å². The lowest BCUT2D eigenvalue weighted by Crippen LogP contribution is -2.24. The molecule has 1 aliphatic heterocycles. The highest BCUT2D eigenvalue weighted by atomic mass is 16.5. The van der Waals surface area contributed by atoms with E-state index in [2.05, 4.69) is 4.98 Å². The number of pyridine rings is 1. The molecule has 0 bridgehead atoms. The summed E-state index contributed by atoms with van der Waals surface area (Å²) in [6.45, 7) is 0.639. The van der Waals surface area contributed by atoms with Crippen LogP contribution in [0.2, 0.25) is 0 Å². The standard InChI is InChI=1S/C22H20N2O3/c1-26-20-8-7-16(13-21(20)27-19-5-3-2-4-6-19)17-14-22(25)24(15-17)18-9-11-23-12-10-18/h2-13,17H,14-15H2,1H3/t17-/m0/s1. The van der Waals surface area contributed by atoms with Gasteiger partial charge in [0.2, 0.25) is 5.91 Å². The molecule has 0 N–H and O–H groups in total. The molecule has 0 unspecified atom stereocenters. The summed E-state index contributed by atoms with van der Waals surface area (Å²) in [6.07, 6.45) is 3.88. The van der Waals surface area contributed by atoms with Gasteiger partial charge in [0.25, 0.3) is 0 Å². The molecule has 2 heterocycles. The molecule has 0 radical (unpaired) electrons. The lowest BCUT2D eigenvalue weighted by Gasteiger charge is -2.17. The monoisotopic (exact) mass is 360 g/mol. The third-order valence-electron chi connectivity index (χ3n) is 4.73. The van der Waals surface area contributed by atoms with Gasteiger partial charge in [0.05, 0.1) is 7.11 Å². The summed E-state index contributed by atoms with van der Waals surface area (Å²) in [6, 6.07) is 19.2. The van der Waals surface area contributed by atoms with Crippen LogP contribution in [0.3, 0.4) is 0 Å². The Kier molecular flexibility index (Phi) is 4.75. The molecule has 5 heteroatoms. The fourth-order valence-corrected chi connectivity index (χ4v) is 3.35. The van der Waals surface area contributed by atoms with Crippen molar-refractivity contribution in [3.05, 3.63) is 78.6 Å². The average molecular weight is 360 g/mol. The summed E-state index contributed by atoms with van der Waals surface area (Å²) < 4.78 is 11.4. The van der Waals surface area contributed by atoms with Gasteiger partial charge in [-0.2, -0.15) is 0 Å². The quantitative estimate of drug-likeness (QED) is 0.677. The number of nitrogens with zero attached hydrogens (tertiary/aromatic N) is 2. The Morgan fingerprint density at radius 1 is 1.00 bits per heavy atom. The Labute approximate surface area is 158 Å². The fraction of sp³-hybridized carbons (Fsp3) is 0.182. The summed E-state index contributed by atoms with van der Waals surface area (Å²) in [7, 11) is 1.62. The highest BCUT2D eigenvalue weighted by Crippen LogP contribution is 2.38. The van der Waals surface area contributed by atoms with Gasteiger partial charge in [0.1, 0.15) is 5.75 Å². The van der Waals surface area contributed by atoms with Crippen LogP contribution in [0.1, 0.15) is 17.9 Å². The van der Waals surface area contributed by atoms with E-state index >= 15 is 0 Å². The second kappa shape index (κ2) is 7.50. The van der Waals surface area contributed by atoms with Gasteiger partial charge in [-0.25, -0.2) is 0 Å². The fourth-order valence-electron chi connectivity index (χ4n) is 3.35. The first kappa shape index (κ1) is 17.1. The highest BCUT2D eigenvalue weighted by Gasteiger charge is 2.32. The zero-order valence-corrected chi connectivity index (χ0v) is 15.0. The van der Waals surface area contributed by atoms with Gasteiger partial charge in [-0.3, -0.25) is 9.78 Å². The molecule has 1 atom stereocenters. The molecule has 5 nitrogen and oxygen atoms in total. The van der Waals surface area contributed by atoms with Crippen molar-refractivity contribution in [1.82, 2.24) is 4.98 Å². The van der Waals surface area contributed by atoms with Gasteiger partial charge in [-0.05, 0) is 42.0 Å². The SMILES string of the molecule is COc1ccc([C@H]2CC(=O)N(c3ccncc3)C2)cc1Oc1ccccc1. The van der Waals surface area contributed by atoms with E-state index in [0.29, 0.717) is 24.5 Å². The smallest absolute Gasteiger partial charge is 0.227 e. The topological polar surface area (TPSA) is 51.7 Å². The van der Waals surface area contributed by atoms with E-state index in [1.165, 1.54) is 0 Å². The maximum atomic E-state index is 12.5. The number of para-hydroxylation sites is 1. The first-order valence-corrected chi connectivity index (χ1v) is 8.86. The number of rotatable bonds is 5. The molecule has 0 spiro atoms. The van der Waals surface area contributed by atoms with Gasteiger partial charge < -0.3 is 14.4 Å². The average Bonchev–Trinajstić information content (AvgIpc) is 3.11. The van der Waals surface area contributed by atoms with E-state index < -0.39 is 0 Å². The Bertz CT molecular complexity index is 929. The second-order valence-corrected chi connectivity index (χ2v) is 6.44. The van der Waals surface area contributed by atoms with Crippen molar-refractivity contribution in [2.45, 2.75) is 12.3 Å². The molecule has 0 saturated carbocycles. The minimum absolute atomic E-state index is 0.106. The Balaban J connectivity index is 1.59. The van der Waals surface area contributed by atoms with Gasteiger partial charge >= 0.3 is 0 Å². The largest absolute Gasteiger partial charge is 0.493 e. The number of carbonyl (C=O) groups is 1. The van der Waals surface area contributed by atoms with Crippen LogP contribution in [0.15, 0.2) is 73.1 Å². The van der Waals surface area contributed by atoms with Crippen molar-refractivity contribution in [3.8, 4) is 17.2 Å². The molecule has 1 aliphatic rings. The van der Waals surface area contributed by atoms with Crippen molar-refractivity contribution >= 4 is 11.6 Å². The van der Waals surface area contributed by atoms with Crippen molar-refractivity contribution in [2.24, 2.45) is 0 Å². The highest BCUT2D eigenvalue weighted by molar-refractivity contribution is 5.96. The van der Waals surface area contributed by atoms with Crippen LogP contribution in [-0.4, -0.2) is 24.5 Å². The van der Waals surface area contributed by atoms with Crippen molar-refractivity contribution < 1.29 is 14.3 Å². The molecule has 3 aromatic rings. The Morgan fingerprint density at radius 2 is 1.78 bits per heavy atom. The van der Waals surface area contributed by atoms with Crippen LogP contribution in [0, 0.1) is 0 Å². The van der Waals surface area contributed by atoms with Gasteiger partial charge in [-0.15, -0.1) is 0 Å². The van der Waals surface area contributed by atoms with Crippen LogP contribution < -0.4 is 14.4 Å². The molecule has 2 aromatic carbocycles. The summed E-state index contributed by atoms with van der Waals surface area (Å²) in [5.74, 6) is 2.28. The van der Waals surface area contributed by atoms with Crippen LogP contribution in [0.25, 0.3) is 0 Å². The lowest BCUT2D eigenvalue weighted by atomic mass is 9.98. The predicted octanol–water partition coefficient (Wildman–Crippen LogP) is 4.40. The maximum absolute atomic E-state index is 12.5. The zero-order chi connectivity index (χ0) is 18.6. The molecule has 1 fully saturated rings. The number of amides is 1. The third kappa shape index (κ3) is 3.62. The van der Waals surface area contributed by atoms with Gasteiger partial charge in [-0.1, -0.05) is 24.3 Å². The van der Waals surface area contributed by atoms with Crippen LogP contribution in [-0.2, 0) is 4.79 Å². The number of benzene rings is 2. The van der Waals surface area contributed by atoms with E-state index in [9.17, 15) is 4.79 Å². The van der Waals surface area contributed by atoms with E-state index in [1.54, 1.807) is 19.5 Å². The van der Waals surface area contributed by atoms with Crippen LogP contribution >= 0.6 is 0 Å². The molecular formula is C22H20N2O3. The molecule has 4 rings (SSSR count). The van der Waals surface area contributed by atoms with E-state index in [4.69, 9.17) is 9.47 Å². The summed E-state index contributed by atoms with van der Waals surface area (Å²) in [5.41, 5.74) is 1.94. The number of aromatic nitrogens is 1. The lowest BCUT2D eigenvalue weighted by molar-refractivity contribution is -0.117. The Hall–Kier alpha value is -3.34. The molecule has 1 amide bonds. The number of ether oxygens (including phenoxy) is 2. The molecular weight excluding hydrogens is 340 g/mol. The number of hydrogen-bond acceptors (Lipinski definition) is 4. The first-order valence-electron chi connectivity index (χ1n) is 8.86.